The van der Waals surface area contributed by atoms with Crippen LogP contribution >= 0.6 is 0 Å². The second-order valence-corrected chi connectivity index (χ2v) is 18.1. The maximum Gasteiger partial charge on any atom is 0.164 e. The predicted molar refractivity (Wildman–Crippen MR) is 278 cm³/mol. The normalized spacial score (nSPS) is 11.9. The Balaban J connectivity index is 1.03. The van der Waals surface area contributed by atoms with E-state index in [1.165, 1.54) is 76.6 Å². The Morgan fingerprint density at radius 2 is 0.522 bits per heavy atom. The summed E-state index contributed by atoms with van der Waals surface area (Å²) in [6.07, 6.45) is 0. The molecule has 13 aromatic rings. The first-order valence-electron chi connectivity index (χ1n) is 22.9. The van der Waals surface area contributed by atoms with E-state index in [2.05, 4.69) is 175 Å². The van der Waals surface area contributed by atoms with Crippen molar-refractivity contribution in [3.8, 4) is 51.2 Å². The summed E-state index contributed by atoms with van der Waals surface area (Å²) < 4.78 is 7.27. The summed E-state index contributed by atoms with van der Waals surface area (Å²) in [5.41, 5.74) is 18.2. The molecule has 0 aliphatic heterocycles. The van der Waals surface area contributed by atoms with Crippen LogP contribution in [0.15, 0.2) is 194 Å². The molecule has 0 saturated carbocycles. The Morgan fingerprint density at radius 1 is 0.254 bits per heavy atom. The third-order valence-corrected chi connectivity index (χ3v) is 13.5. The number of fused-ring (bicyclic) bond motifs is 9. The van der Waals surface area contributed by atoms with E-state index in [1.54, 1.807) is 0 Å². The summed E-state index contributed by atoms with van der Waals surface area (Å²) in [4.78, 5) is 15.0. The maximum atomic E-state index is 5.03. The van der Waals surface area contributed by atoms with Gasteiger partial charge in [-0.3, -0.25) is 0 Å². The van der Waals surface area contributed by atoms with Crippen molar-refractivity contribution < 1.29 is 0 Å². The first kappa shape index (κ1) is 38.8. The molecule has 0 saturated heterocycles. The molecular formula is C61H44N6. The highest BCUT2D eigenvalue weighted by Crippen LogP contribution is 2.40. The van der Waals surface area contributed by atoms with E-state index in [9.17, 15) is 0 Å². The fourth-order valence-corrected chi connectivity index (χ4v) is 10.3. The largest absolute Gasteiger partial charge is 0.309 e. The summed E-state index contributed by atoms with van der Waals surface area (Å²) in [6.45, 7) is 8.71. The number of benzene rings is 9. The van der Waals surface area contributed by atoms with Crippen LogP contribution < -0.4 is 0 Å². The minimum absolute atomic E-state index is 0.629. The number of nitrogens with zero attached hydrogens (tertiary/aromatic N) is 6. The molecule has 13 rings (SSSR count). The van der Waals surface area contributed by atoms with Crippen molar-refractivity contribution in [1.29, 1.82) is 0 Å². The Bertz CT molecular complexity index is 3760. The topological polar surface area (TPSA) is 53.5 Å². The van der Waals surface area contributed by atoms with E-state index in [-0.39, 0.29) is 0 Å². The van der Waals surface area contributed by atoms with Crippen LogP contribution in [0.3, 0.4) is 0 Å². The molecule has 0 bridgehead atoms. The van der Waals surface area contributed by atoms with E-state index in [0.717, 1.165) is 44.8 Å². The van der Waals surface area contributed by atoms with Gasteiger partial charge in [0.15, 0.2) is 17.5 Å². The van der Waals surface area contributed by atoms with E-state index < -0.39 is 0 Å². The average Bonchev–Trinajstić information content (AvgIpc) is 3.98. The number of hydrogen-bond acceptors (Lipinski definition) is 3. The lowest BCUT2D eigenvalue weighted by atomic mass is 10.1. The molecule has 4 heterocycles. The van der Waals surface area contributed by atoms with Crippen molar-refractivity contribution in [2.75, 3.05) is 0 Å². The Kier molecular flexibility index (Phi) is 8.68. The summed E-state index contributed by atoms with van der Waals surface area (Å²) >= 11 is 0. The quantitative estimate of drug-likeness (QED) is 0.167. The minimum Gasteiger partial charge on any atom is -0.309 e. The van der Waals surface area contributed by atoms with Crippen LogP contribution in [0, 0.1) is 27.7 Å². The van der Waals surface area contributed by atoms with Crippen molar-refractivity contribution in [3.63, 3.8) is 0 Å². The molecule has 0 spiro atoms. The highest BCUT2D eigenvalue weighted by Gasteiger charge is 2.20. The molecule has 0 aliphatic carbocycles. The SMILES string of the molecule is Cc1ccc2c(c1)c1cc(C)ccc1n2-c1ccc2c(c1)c1cc(-n3c4ccc(C)cc4c4cc(C)ccc43)ccc1n2-c1ccc(-c2nc(-c3ccccc3)nc(-c3ccccc3)n2)cc1. The fourth-order valence-electron chi connectivity index (χ4n) is 10.3. The standard InChI is InChI=1S/C61H44N6/c1-37-15-25-53-47(31-37)48-32-38(2)16-26-54(48)66(53)45-23-29-57-51(35-45)52-36-46(67-55-27-17-39(3)33-49(55)50-34-40(4)18-28-56(50)67)24-30-58(52)65(57)44-21-19-43(20-22-44)61-63-59(41-11-7-5-8-12-41)62-60(64-61)42-13-9-6-10-14-42/h5-36H,1-4H3. The lowest BCUT2D eigenvalue weighted by Crippen LogP contribution is -2.00. The third-order valence-electron chi connectivity index (χ3n) is 13.5. The van der Waals surface area contributed by atoms with Crippen molar-refractivity contribution in [3.05, 3.63) is 216 Å². The van der Waals surface area contributed by atoms with Gasteiger partial charge >= 0.3 is 0 Å². The summed E-state index contributed by atoms with van der Waals surface area (Å²) in [7, 11) is 0. The first-order chi connectivity index (χ1) is 32.8. The van der Waals surface area contributed by atoms with Crippen LogP contribution in [0.25, 0.3) is 117 Å². The number of aromatic nitrogens is 6. The van der Waals surface area contributed by atoms with Crippen LogP contribution in [-0.4, -0.2) is 28.7 Å². The Hall–Kier alpha value is -8.61. The molecule has 9 aromatic carbocycles. The molecule has 0 amide bonds. The van der Waals surface area contributed by atoms with Gasteiger partial charge in [0.2, 0.25) is 0 Å². The van der Waals surface area contributed by atoms with Crippen LogP contribution in [0.4, 0.5) is 0 Å². The second-order valence-electron chi connectivity index (χ2n) is 18.1. The molecule has 0 fully saturated rings. The smallest absolute Gasteiger partial charge is 0.164 e. The van der Waals surface area contributed by atoms with Gasteiger partial charge in [0.05, 0.1) is 33.1 Å². The zero-order valence-electron chi connectivity index (χ0n) is 37.7. The van der Waals surface area contributed by atoms with Crippen molar-refractivity contribution >= 4 is 65.4 Å². The summed E-state index contributed by atoms with van der Waals surface area (Å²) in [6, 6.07) is 70.2. The van der Waals surface area contributed by atoms with E-state index in [1.807, 2.05) is 60.7 Å². The molecule has 318 valence electrons. The zero-order chi connectivity index (χ0) is 44.9. The van der Waals surface area contributed by atoms with Gasteiger partial charge in [-0.1, -0.05) is 107 Å². The Morgan fingerprint density at radius 3 is 0.866 bits per heavy atom. The minimum atomic E-state index is 0.629. The van der Waals surface area contributed by atoms with Gasteiger partial charge in [0, 0.05) is 66.1 Å². The van der Waals surface area contributed by atoms with Gasteiger partial charge in [0.1, 0.15) is 0 Å². The predicted octanol–water partition coefficient (Wildman–Crippen LogP) is 15.4. The highest BCUT2D eigenvalue weighted by atomic mass is 15.0. The van der Waals surface area contributed by atoms with E-state index in [4.69, 9.17) is 15.0 Å². The van der Waals surface area contributed by atoms with Gasteiger partial charge in [-0.25, -0.2) is 15.0 Å². The van der Waals surface area contributed by atoms with Crippen LogP contribution in [0.2, 0.25) is 0 Å². The molecule has 0 N–H and O–H groups in total. The molecule has 4 aromatic heterocycles. The molecule has 6 heteroatoms. The lowest BCUT2D eigenvalue weighted by molar-refractivity contribution is 1.07. The Labute approximate surface area is 387 Å². The van der Waals surface area contributed by atoms with Crippen molar-refractivity contribution in [1.82, 2.24) is 28.7 Å². The number of rotatable bonds is 6. The molecule has 0 atom stereocenters. The zero-order valence-corrected chi connectivity index (χ0v) is 37.7. The number of aryl methyl sites for hydroxylation is 4. The lowest BCUT2D eigenvalue weighted by Gasteiger charge is -2.12. The van der Waals surface area contributed by atoms with Gasteiger partial charge in [-0.2, -0.15) is 0 Å². The van der Waals surface area contributed by atoms with Crippen LogP contribution in [-0.2, 0) is 0 Å². The van der Waals surface area contributed by atoms with E-state index in [0.29, 0.717) is 17.5 Å². The summed E-state index contributed by atoms with van der Waals surface area (Å²) in [5, 5.41) is 7.43. The molecule has 67 heavy (non-hydrogen) atoms. The van der Waals surface area contributed by atoms with Crippen LogP contribution in [0.5, 0.6) is 0 Å². The monoisotopic (exact) mass is 860 g/mol. The van der Waals surface area contributed by atoms with Gasteiger partial charge in [-0.15, -0.1) is 0 Å². The molecule has 6 nitrogen and oxygen atoms in total. The first-order valence-corrected chi connectivity index (χ1v) is 22.9. The van der Waals surface area contributed by atoms with Gasteiger partial charge in [-0.05, 0) is 137 Å². The molecule has 0 radical (unpaired) electrons. The molecule has 0 unspecified atom stereocenters. The number of hydrogen-bond donors (Lipinski definition) is 0. The maximum absolute atomic E-state index is 5.03. The van der Waals surface area contributed by atoms with Crippen LogP contribution in [0.1, 0.15) is 22.3 Å². The van der Waals surface area contributed by atoms with Gasteiger partial charge in [0.25, 0.3) is 0 Å². The highest BCUT2D eigenvalue weighted by molar-refractivity contribution is 6.14. The van der Waals surface area contributed by atoms with Crippen molar-refractivity contribution in [2.45, 2.75) is 27.7 Å². The van der Waals surface area contributed by atoms with E-state index >= 15 is 0 Å². The second kappa shape index (κ2) is 15.0. The molecular weight excluding hydrogens is 817 g/mol. The molecule has 0 aliphatic rings. The fraction of sp³-hybridized carbons (Fsp3) is 0.0656. The van der Waals surface area contributed by atoms with Gasteiger partial charge < -0.3 is 13.7 Å². The average molecular weight is 861 g/mol. The summed E-state index contributed by atoms with van der Waals surface area (Å²) in [5.74, 6) is 1.91. The van der Waals surface area contributed by atoms with Crippen molar-refractivity contribution in [2.24, 2.45) is 0 Å². The third kappa shape index (κ3) is 6.28.